The molecule has 1 aliphatic rings. The van der Waals surface area contributed by atoms with Crippen molar-refractivity contribution in [3.63, 3.8) is 0 Å². The van der Waals surface area contributed by atoms with Crippen LogP contribution in [0.3, 0.4) is 0 Å². The molecule has 0 bridgehead atoms. The van der Waals surface area contributed by atoms with E-state index < -0.39 is 0 Å². The third kappa shape index (κ3) is 6.52. The van der Waals surface area contributed by atoms with Gasteiger partial charge < -0.3 is 0 Å². The van der Waals surface area contributed by atoms with E-state index in [0.29, 0.717) is 0 Å². The van der Waals surface area contributed by atoms with Crippen LogP contribution in [0.2, 0.25) is 0 Å². The minimum atomic E-state index is 1.17. The number of rotatable bonds is 11. The Morgan fingerprint density at radius 2 is 1.36 bits per heavy atom. The molecule has 1 aliphatic heterocycles. The molecule has 1 heterocycles. The van der Waals surface area contributed by atoms with E-state index in [1.165, 1.54) is 90.3 Å². The second kappa shape index (κ2) is 10.8. The van der Waals surface area contributed by atoms with Crippen LogP contribution in [0.15, 0.2) is 24.3 Å². The Hall–Kier alpha value is -0.820. The lowest BCUT2D eigenvalue weighted by Gasteiger charge is -2.28. The maximum absolute atomic E-state index is 2.65. The van der Waals surface area contributed by atoms with Gasteiger partial charge in [0, 0.05) is 13.1 Å². The lowest BCUT2D eigenvalue weighted by atomic mass is 9.99. The average Bonchev–Trinajstić information content (AvgIpc) is 2.56. The minimum Gasteiger partial charge on any atom is -0.299 e. The summed E-state index contributed by atoms with van der Waals surface area (Å²) in [6, 6.07) is 8.97. The molecule has 22 heavy (non-hydrogen) atoms. The molecule has 0 unspecified atom stereocenters. The van der Waals surface area contributed by atoms with Gasteiger partial charge in [0.15, 0.2) is 0 Å². The van der Waals surface area contributed by atoms with Crippen LogP contribution in [0.5, 0.6) is 0 Å². The number of benzene rings is 1. The summed E-state index contributed by atoms with van der Waals surface area (Å²) in [5, 5.41) is 0. The van der Waals surface area contributed by atoms with Crippen molar-refractivity contribution >= 4 is 0 Å². The fourth-order valence-corrected chi connectivity index (χ4v) is 3.57. The van der Waals surface area contributed by atoms with Gasteiger partial charge in [-0.1, -0.05) is 89.0 Å². The molecule has 0 spiro atoms. The van der Waals surface area contributed by atoms with E-state index in [9.17, 15) is 0 Å². The van der Waals surface area contributed by atoms with Crippen LogP contribution >= 0.6 is 0 Å². The van der Waals surface area contributed by atoms with Gasteiger partial charge in [-0.15, -0.1) is 0 Å². The van der Waals surface area contributed by atoms with E-state index in [1.54, 1.807) is 11.1 Å². The van der Waals surface area contributed by atoms with E-state index in [4.69, 9.17) is 0 Å². The van der Waals surface area contributed by atoms with Gasteiger partial charge in [0.25, 0.3) is 0 Å². The van der Waals surface area contributed by atoms with Gasteiger partial charge in [0.1, 0.15) is 0 Å². The predicted octanol–water partition coefficient (Wildman–Crippen LogP) is 5.97. The van der Waals surface area contributed by atoms with Gasteiger partial charge in [-0.05, 0) is 30.5 Å². The van der Waals surface area contributed by atoms with Gasteiger partial charge >= 0.3 is 0 Å². The van der Waals surface area contributed by atoms with Crippen molar-refractivity contribution in [2.75, 3.05) is 13.1 Å². The number of fused-ring (bicyclic) bond motifs is 1. The molecular weight excluding hydrogens is 266 g/mol. The summed E-state index contributed by atoms with van der Waals surface area (Å²) in [6.07, 6.45) is 15.6. The van der Waals surface area contributed by atoms with Crippen LogP contribution in [-0.2, 0) is 13.0 Å². The third-order valence-electron chi connectivity index (χ3n) is 5.04. The zero-order valence-corrected chi connectivity index (χ0v) is 14.7. The first-order valence-electron chi connectivity index (χ1n) is 9.69. The summed E-state index contributed by atoms with van der Waals surface area (Å²) in [5.74, 6) is 0. The Kier molecular flexibility index (Phi) is 8.63. The van der Waals surface area contributed by atoms with Crippen LogP contribution in [0, 0.1) is 0 Å². The summed E-state index contributed by atoms with van der Waals surface area (Å²) in [5.41, 5.74) is 3.13. The Morgan fingerprint density at radius 1 is 0.773 bits per heavy atom. The van der Waals surface area contributed by atoms with Gasteiger partial charge in [-0.2, -0.15) is 0 Å². The van der Waals surface area contributed by atoms with Crippen molar-refractivity contribution in [3.05, 3.63) is 35.4 Å². The molecule has 0 radical (unpaired) electrons. The summed E-state index contributed by atoms with van der Waals surface area (Å²) in [6.45, 7) is 6.02. The van der Waals surface area contributed by atoms with Gasteiger partial charge in [0.05, 0.1) is 0 Å². The normalized spacial score (nSPS) is 15.0. The summed E-state index contributed by atoms with van der Waals surface area (Å²) < 4.78 is 0. The molecule has 0 fully saturated rings. The van der Waals surface area contributed by atoms with Crippen LogP contribution < -0.4 is 0 Å². The van der Waals surface area contributed by atoms with E-state index in [0.717, 1.165) is 0 Å². The molecule has 2 rings (SSSR count). The molecular formula is C21H35N. The molecule has 124 valence electrons. The monoisotopic (exact) mass is 301 g/mol. The quantitative estimate of drug-likeness (QED) is 0.455. The lowest BCUT2D eigenvalue weighted by molar-refractivity contribution is 0.248. The molecule has 1 heteroatoms. The van der Waals surface area contributed by atoms with Crippen molar-refractivity contribution in [3.8, 4) is 0 Å². The zero-order valence-electron chi connectivity index (χ0n) is 14.7. The summed E-state index contributed by atoms with van der Waals surface area (Å²) >= 11 is 0. The summed E-state index contributed by atoms with van der Waals surface area (Å²) in [4.78, 5) is 2.65. The van der Waals surface area contributed by atoms with Crippen LogP contribution in [0.4, 0.5) is 0 Å². The lowest BCUT2D eigenvalue weighted by Crippen LogP contribution is -2.31. The van der Waals surface area contributed by atoms with E-state index >= 15 is 0 Å². The Labute approximate surface area is 138 Å². The van der Waals surface area contributed by atoms with Gasteiger partial charge in [0.2, 0.25) is 0 Å². The van der Waals surface area contributed by atoms with E-state index in [2.05, 4.69) is 36.1 Å². The first kappa shape index (κ1) is 17.5. The fraction of sp³-hybridized carbons (Fsp3) is 0.714. The Morgan fingerprint density at radius 3 is 2.05 bits per heavy atom. The van der Waals surface area contributed by atoms with Crippen LogP contribution in [0.1, 0.15) is 82.3 Å². The van der Waals surface area contributed by atoms with Crippen molar-refractivity contribution in [1.82, 2.24) is 4.90 Å². The molecule has 0 saturated heterocycles. The highest BCUT2D eigenvalue weighted by atomic mass is 15.1. The highest BCUT2D eigenvalue weighted by Gasteiger charge is 2.14. The minimum absolute atomic E-state index is 1.17. The van der Waals surface area contributed by atoms with Crippen molar-refractivity contribution < 1.29 is 0 Å². The Bertz CT molecular complexity index is 399. The largest absolute Gasteiger partial charge is 0.299 e. The summed E-state index contributed by atoms with van der Waals surface area (Å²) in [7, 11) is 0. The number of hydrogen-bond donors (Lipinski definition) is 0. The highest BCUT2D eigenvalue weighted by Crippen LogP contribution is 2.19. The molecule has 0 saturated carbocycles. The molecule has 0 aliphatic carbocycles. The van der Waals surface area contributed by atoms with Crippen LogP contribution in [-0.4, -0.2) is 18.0 Å². The van der Waals surface area contributed by atoms with Crippen molar-refractivity contribution in [1.29, 1.82) is 0 Å². The highest BCUT2D eigenvalue weighted by molar-refractivity contribution is 5.28. The van der Waals surface area contributed by atoms with Gasteiger partial charge in [-0.3, -0.25) is 4.90 Å². The number of unbranched alkanes of at least 4 members (excludes halogenated alkanes) is 9. The standard InChI is InChI=1S/C21H35N/c1-2-3-4-5-6-7-8-9-10-13-17-22-18-16-20-14-11-12-15-21(20)19-22/h11-12,14-15H,2-10,13,16-19H2,1H3. The molecule has 0 amide bonds. The van der Waals surface area contributed by atoms with E-state index in [-0.39, 0.29) is 0 Å². The molecule has 0 atom stereocenters. The first-order chi connectivity index (χ1) is 10.9. The topological polar surface area (TPSA) is 3.24 Å². The third-order valence-corrected chi connectivity index (χ3v) is 5.04. The van der Waals surface area contributed by atoms with E-state index in [1.807, 2.05) is 0 Å². The SMILES string of the molecule is CCCCCCCCCCCCN1CCc2ccccc2C1. The number of nitrogens with zero attached hydrogens (tertiary/aromatic N) is 1. The average molecular weight is 302 g/mol. The number of hydrogen-bond acceptors (Lipinski definition) is 1. The smallest absolute Gasteiger partial charge is 0.0236 e. The maximum Gasteiger partial charge on any atom is 0.0236 e. The molecule has 0 N–H and O–H groups in total. The first-order valence-corrected chi connectivity index (χ1v) is 9.69. The molecule has 1 aromatic rings. The van der Waals surface area contributed by atoms with Crippen molar-refractivity contribution in [2.45, 2.75) is 84.1 Å². The molecule has 1 nitrogen and oxygen atoms in total. The Balaban J connectivity index is 1.45. The molecule has 0 aromatic heterocycles. The predicted molar refractivity (Wildman–Crippen MR) is 97.3 cm³/mol. The fourth-order valence-electron chi connectivity index (χ4n) is 3.57. The second-order valence-corrected chi connectivity index (χ2v) is 6.98. The zero-order chi connectivity index (χ0) is 15.5. The van der Waals surface area contributed by atoms with Crippen LogP contribution in [0.25, 0.3) is 0 Å². The second-order valence-electron chi connectivity index (χ2n) is 6.98. The van der Waals surface area contributed by atoms with Crippen molar-refractivity contribution in [2.24, 2.45) is 0 Å². The maximum atomic E-state index is 2.65. The van der Waals surface area contributed by atoms with Gasteiger partial charge in [-0.25, -0.2) is 0 Å². The molecule has 1 aromatic carbocycles.